The van der Waals surface area contributed by atoms with E-state index < -0.39 is 0 Å². The fourth-order valence-corrected chi connectivity index (χ4v) is 3.01. The van der Waals surface area contributed by atoms with Gasteiger partial charge < -0.3 is 15.5 Å². The summed E-state index contributed by atoms with van der Waals surface area (Å²) in [6, 6.07) is 8.81. The zero-order valence-electron chi connectivity index (χ0n) is 12.1. The lowest BCUT2D eigenvalue weighted by molar-refractivity contribution is 0.850. The smallest absolute Gasteiger partial charge is 0.190 e. The van der Waals surface area contributed by atoms with Crippen LogP contribution in [0.15, 0.2) is 29.3 Å². The van der Waals surface area contributed by atoms with E-state index in [1.807, 2.05) is 18.8 Å². The molecule has 2 N–H and O–H groups in total. The summed E-state index contributed by atoms with van der Waals surface area (Å²) in [5.41, 5.74) is 2.61. The second-order valence-corrected chi connectivity index (χ2v) is 5.67. The van der Waals surface area contributed by atoms with E-state index in [1.165, 1.54) is 22.8 Å². The topological polar surface area (TPSA) is 39.7 Å². The Morgan fingerprint density at radius 1 is 1.25 bits per heavy atom. The maximum Gasteiger partial charge on any atom is 0.190 e. The second kappa shape index (κ2) is 9.33. The Hall–Kier alpha value is -0.630. The van der Waals surface area contributed by atoms with Crippen LogP contribution in [0.2, 0.25) is 0 Å². The maximum atomic E-state index is 4.10. The highest BCUT2D eigenvalue weighted by Gasteiger charge is 2.10. The number of nitrogens with zero attached hydrogens (tertiary/aromatic N) is 2. The molecule has 0 radical (unpaired) electrons. The van der Waals surface area contributed by atoms with Gasteiger partial charge in [0.05, 0.1) is 0 Å². The fourth-order valence-electron chi connectivity index (χ4n) is 2.11. The highest BCUT2D eigenvalue weighted by atomic mass is 127. The van der Waals surface area contributed by atoms with Crippen molar-refractivity contribution in [2.24, 2.45) is 4.99 Å². The number of halogens is 1. The summed E-state index contributed by atoms with van der Waals surface area (Å²) >= 11 is 2.04. The molecule has 1 saturated heterocycles. The summed E-state index contributed by atoms with van der Waals surface area (Å²) in [4.78, 5) is 6.56. The number of aliphatic imine (C=N–C) groups is 1. The van der Waals surface area contributed by atoms with Gasteiger partial charge in [-0.3, -0.25) is 4.99 Å². The third kappa shape index (κ3) is 5.05. The largest absolute Gasteiger partial charge is 0.370 e. The number of anilines is 1. The molecule has 2 rings (SSSR count). The lowest BCUT2D eigenvalue weighted by Crippen LogP contribution is -2.34. The molecule has 0 aliphatic carbocycles. The summed E-state index contributed by atoms with van der Waals surface area (Å²) in [5.74, 6) is 3.29. The first-order chi connectivity index (χ1) is 9.33. The molecule has 1 aliphatic heterocycles. The van der Waals surface area contributed by atoms with Gasteiger partial charge in [-0.05, 0) is 17.7 Å². The minimum Gasteiger partial charge on any atom is -0.370 e. The van der Waals surface area contributed by atoms with E-state index in [-0.39, 0.29) is 24.0 Å². The number of benzene rings is 1. The van der Waals surface area contributed by atoms with Crippen molar-refractivity contribution in [3.8, 4) is 0 Å². The van der Waals surface area contributed by atoms with Crippen molar-refractivity contribution in [1.82, 2.24) is 10.6 Å². The van der Waals surface area contributed by atoms with Gasteiger partial charge in [0.15, 0.2) is 5.96 Å². The standard InChI is InChI=1S/C14H22N4S.HI/c1-15-14(16-2)17-11-12-3-5-13(6-4-12)18-7-9-19-10-8-18;/h3-6H,7-11H2,1-2H3,(H2,15,16,17);1H. The van der Waals surface area contributed by atoms with Crippen molar-refractivity contribution >= 4 is 47.4 Å². The molecular weight excluding hydrogens is 383 g/mol. The van der Waals surface area contributed by atoms with E-state index in [9.17, 15) is 0 Å². The molecule has 4 nitrogen and oxygen atoms in total. The van der Waals surface area contributed by atoms with Crippen molar-refractivity contribution in [2.45, 2.75) is 6.54 Å². The highest BCUT2D eigenvalue weighted by Crippen LogP contribution is 2.19. The Kier molecular flexibility index (Phi) is 8.13. The Morgan fingerprint density at radius 2 is 1.90 bits per heavy atom. The molecule has 1 aromatic rings. The van der Waals surface area contributed by atoms with E-state index >= 15 is 0 Å². The van der Waals surface area contributed by atoms with Crippen molar-refractivity contribution < 1.29 is 0 Å². The van der Waals surface area contributed by atoms with E-state index in [0.29, 0.717) is 0 Å². The summed E-state index contributed by atoms with van der Waals surface area (Å²) in [6.45, 7) is 3.12. The number of hydrogen-bond donors (Lipinski definition) is 2. The quantitative estimate of drug-likeness (QED) is 0.459. The fraction of sp³-hybridized carbons (Fsp3) is 0.500. The molecule has 0 spiro atoms. The lowest BCUT2D eigenvalue weighted by atomic mass is 10.2. The monoisotopic (exact) mass is 406 g/mol. The summed E-state index contributed by atoms with van der Waals surface area (Å²) in [7, 11) is 3.64. The van der Waals surface area contributed by atoms with Gasteiger partial charge in [0.25, 0.3) is 0 Å². The first kappa shape index (κ1) is 17.4. The van der Waals surface area contributed by atoms with Gasteiger partial charge in [0.1, 0.15) is 0 Å². The molecule has 1 heterocycles. The lowest BCUT2D eigenvalue weighted by Gasteiger charge is -2.28. The highest BCUT2D eigenvalue weighted by molar-refractivity contribution is 14.0. The summed E-state index contributed by atoms with van der Waals surface area (Å²) < 4.78 is 0. The van der Waals surface area contributed by atoms with Gasteiger partial charge in [-0.1, -0.05) is 12.1 Å². The number of rotatable bonds is 3. The average molecular weight is 406 g/mol. The molecule has 0 atom stereocenters. The van der Waals surface area contributed by atoms with Crippen molar-refractivity contribution in [3.05, 3.63) is 29.8 Å². The van der Waals surface area contributed by atoms with Crippen molar-refractivity contribution in [1.29, 1.82) is 0 Å². The van der Waals surface area contributed by atoms with Gasteiger partial charge in [-0.2, -0.15) is 11.8 Å². The minimum atomic E-state index is 0. The zero-order valence-corrected chi connectivity index (χ0v) is 15.2. The predicted octanol–water partition coefficient (Wildman–Crippen LogP) is 2.15. The van der Waals surface area contributed by atoms with Gasteiger partial charge in [-0.15, -0.1) is 24.0 Å². The molecule has 20 heavy (non-hydrogen) atoms. The summed E-state index contributed by atoms with van der Waals surface area (Å²) in [5, 5.41) is 6.27. The van der Waals surface area contributed by atoms with Gasteiger partial charge in [0, 0.05) is 50.9 Å². The van der Waals surface area contributed by atoms with Gasteiger partial charge in [-0.25, -0.2) is 0 Å². The van der Waals surface area contributed by atoms with Crippen LogP contribution >= 0.6 is 35.7 Å². The predicted molar refractivity (Wildman–Crippen MR) is 101 cm³/mol. The van der Waals surface area contributed by atoms with Crippen LogP contribution in [0.4, 0.5) is 5.69 Å². The van der Waals surface area contributed by atoms with Crippen molar-refractivity contribution in [3.63, 3.8) is 0 Å². The van der Waals surface area contributed by atoms with Crippen LogP contribution in [0.3, 0.4) is 0 Å². The molecule has 0 unspecified atom stereocenters. The number of guanidine groups is 1. The normalized spacial score (nSPS) is 15.5. The minimum absolute atomic E-state index is 0. The van der Waals surface area contributed by atoms with Crippen LogP contribution in [0.25, 0.3) is 0 Å². The Bertz CT molecular complexity index is 416. The van der Waals surface area contributed by atoms with Crippen LogP contribution in [0, 0.1) is 0 Å². The Balaban J connectivity index is 0.00000200. The second-order valence-electron chi connectivity index (χ2n) is 4.44. The van der Waals surface area contributed by atoms with E-state index in [1.54, 1.807) is 7.05 Å². The molecule has 6 heteroatoms. The summed E-state index contributed by atoms with van der Waals surface area (Å²) in [6.07, 6.45) is 0. The van der Waals surface area contributed by atoms with Gasteiger partial charge in [0.2, 0.25) is 0 Å². The first-order valence-corrected chi connectivity index (χ1v) is 7.79. The Morgan fingerprint density at radius 3 is 2.45 bits per heavy atom. The molecule has 112 valence electrons. The van der Waals surface area contributed by atoms with Crippen LogP contribution in [0.5, 0.6) is 0 Å². The van der Waals surface area contributed by atoms with Crippen LogP contribution in [-0.2, 0) is 6.54 Å². The number of nitrogens with one attached hydrogen (secondary N) is 2. The number of thioether (sulfide) groups is 1. The maximum absolute atomic E-state index is 4.10. The van der Waals surface area contributed by atoms with E-state index in [0.717, 1.165) is 25.6 Å². The SMILES string of the molecule is CN=C(NC)NCc1ccc(N2CCSCC2)cc1.I. The molecular formula is C14H23IN4S. The molecule has 1 aromatic carbocycles. The Labute approximate surface area is 142 Å². The zero-order chi connectivity index (χ0) is 13.5. The third-order valence-corrected chi connectivity index (χ3v) is 4.18. The van der Waals surface area contributed by atoms with E-state index in [4.69, 9.17) is 0 Å². The van der Waals surface area contributed by atoms with Crippen molar-refractivity contribution in [2.75, 3.05) is 43.6 Å². The number of hydrogen-bond acceptors (Lipinski definition) is 3. The van der Waals surface area contributed by atoms with Crippen LogP contribution < -0.4 is 15.5 Å². The molecule has 0 bridgehead atoms. The van der Waals surface area contributed by atoms with Crippen LogP contribution in [-0.4, -0.2) is 44.7 Å². The molecule has 0 aromatic heterocycles. The molecule has 1 fully saturated rings. The molecule has 1 aliphatic rings. The molecule has 0 saturated carbocycles. The van der Waals surface area contributed by atoms with Crippen LogP contribution in [0.1, 0.15) is 5.56 Å². The molecule has 0 amide bonds. The van der Waals surface area contributed by atoms with E-state index in [2.05, 4.69) is 44.8 Å². The first-order valence-electron chi connectivity index (χ1n) is 6.63. The van der Waals surface area contributed by atoms with Gasteiger partial charge >= 0.3 is 0 Å². The average Bonchev–Trinajstić information content (AvgIpc) is 2.50. The third-order valence-electron chi connectivity index (χ3n) is 3.23.